The number of thiazole rings is 1. The van der Waals surface area contributed by atoms with Gasteiger partial charge in [0.25, 0.3) is 5.26 Å². The van der Waals surface area contributed by atoms with Gasteiger partial charge >= 0.3 is 0 Å². The average molecular weight is 167 g/mol. The molecule has 3 heteroatoms. The molecule has 0 aliphatic heterocycles. The van der Waals surface area contributed by atoms with E-state index in [2.05, 4.69) is 4.98 Å². The molecule has 0 bridgehead atoms. The SMILES string of the molecule is Cc1ccc2sc(F)nc2c1. The molecule has 0 radical (unpaired) electrons. The number of nitrogens with zero attached hydrogens (tertiary/aromatic N) is 1. The van der Waals surface area contributed by atoms with Gasteiger partial charge in [0.05, 0.1) is 10.2 Å². The molecular formula is C8H6FNS. The van der Waals surface area contributed by atoms with Crippen molar-refractivity contribution in [1.82, 2.24) is 4.98 Å². The predicted molar refractivity (Wildman–Crippen MR) is 44.3 cm³/mol. The summed E-state index contributed by atoms with van der Waals surface area (Å²) in [6.45, 7) is 1.97. The number of aryl methyl sites for hydroxylation is 1. The van der Waals surface area contributed by atoms with Crippen molar-refractivity contribution in [3.63, 3.8) is 0 Å². The zero-order valence-electron chi connectivity index (χ0n) is 5.97. The smallest absolute Gasteiger partial charge is 0.209 e. The van der Waals surface area contributed by atoms with Crippen LogP contribution in [0.2, 0.25) is 0 Å². The van der Waals surface area contributed by atoms with Crippen molar-refractivity contribution in [3.8, 4) is 0 Å². The number of hydrogen-bond donors (Lipinski definition) is 0. The van der Waals surface area contributed by atoms with Gasteiger partial charge in [-0.15, -0.1) is 0 Å². The maximum Gasteiger partial charge on any atom is 0.270 e. The highest BCUT2D eigenvalue weighted by Gasteiger charge is 2.00. The van der Waals surface area contributed by atoms with Crippen LogP contribution in [0.3, 0.4) is 0 Å². The molecule has 1 aromatic heterocycles. The average Bonchev–Trinajstić information content (AvgIpc) is 2.27. The zero-order valence-corrected chi connectivity index (χ0v) is 6.78. The fraction of sp³-hybridized carbons (Fsp3) is 0.125. The van der Waals surface area contributed by atoms with Crippen molar-refractivity contribution in [2.24, 2.45) is 0 Å². The van der Waals surface area contributed by atoms with Gasteiger partial charge in [-0.25, -0.2) is 4.98 Å². The number of benzene rings is 1. The Hall–Kier alpha value is -0.960. The van der Waals surface area contributed by atoms with Gasteiger partial charge in [-0.1, -0.05) is 17.4 Å². The minimum Gasteiger partial charge on any atom is -0.209 e. The molecule has 0 atom stereocenters. The van der Waals surface area contributed by atoms with E-state index >= 15 is 0 Å². The molecule has 0 aliphatic rings. The maximum absolute atomic E-state index is 12.6. The Morgan fingerprint density at radius 3 is 3.09 bits per heavy atom. The van der Waals surface area contributed by atoms with Gasteiger partial charge in [0, 0.05) is 0 Å². The van der Waals surface area contributed by atoms with Gasteiger partial charge in [-0.2, -0.15) is 4.39 Å². The molecule has 0 fully saturated rings. The summed E-state index contributed by atoms with van der Waals surface area (Å²) in [5.41, 5.74) is 1.87. The van der Waals surface area contributed by atoms with Crippen LogP contribution >= 0.6 is 11.3 Å². The largest absolute Gasteiger partial charge is 0.270 e. The normalized spacial score (nSPS) is 10.7. The number of hydrogen-bond acceptors (Lipinski definition) is 2. The second kappa shape index (κ2) is 2.27. The van der Waals surface area contributed by atoms with E-state index in [9.17, 15) is 4.39 Å². The van der Waals surface area contributed by atoms with E-state index in [-0.39, 0.29) is 5.26 Å². The van der Waals surface area contributed by atoms with Crippen LogP contribution in [0.1, 0.15) is 5.56 Å². The van der Waals surface area contributed by atoms with E-state index in [1.165, 1.54) is 0 Å². The first-order chi connectivity index (χ1) is 5.25. The summed E-state index contributed by atoms with van der Waals surface area (Å²) >= 11 is 1.08. The lowest BCUT2D eigenvalue weighted by atomic mass is 10.2. The van der Waals surface area contributed by atoms with Crippen LogP contribution in [0.4, 0.5) is 4.39 Å². The summed E-state index contributed by atoms with van der Waals surface area (Å²) in [4.78, 5) is 3.73. The van der Waals surface area contributed by atoms with E-state index in [0.717, 1.165) is 27.1 Å². The molecule has 0 amide bonds. The Morgan fingerprint density at radius 1 is 1.45 bits per heavy atom. The lowest BCUT2D eigenvalue weighted by molar-refractivity contribution is 0.620. The van der Waals surface area contributed by atoms with Gasteiger partial charge in [-0.3, -0.25) is 0 Å². The van der Waals surface area contributed by atoms with Gasteiger partial charge in [0.1, 0.15) is 0 Å². The molecule has 0 spiro atoms. The fourth-order valence-electron chi connectivity index (χ4n) is 1.01. The number of aromatic nitrogens is 1. The Bertz CT molecular complexity index is 394. The Balaban J connectivity index is 2.82. The van der Waals surface area contributed by atoms with Crippen LogP contribution in [0, 0.1) is 12.2 Å². The highest BCUT2D eigenvalue weighted by atomic mass is 32.1. The van der Waals surface area contributed by atoms with E-state index in [1.807, 2.05) is 25.1 Å². The van der Waals surface area contributed by atoms with E-state index in [4.69, 9.17) is 0 Å². The van der Waals surface area contributed by atoms with Crippen LogP contribution in [0.15, 0.2) is 18.2 Å². The highest BCUT2D eigenvalue weighted by Crippen LogP contribution is 2.21. The lowest BCUT2D eigenvalue weighted by Gasteiger charge is -1.88. The Kier molecular flexibility index (Phi) is 1.39. The quantitative estimate of drug-likeness (QED) is 0.588. The van der Waals surface area contributed by atoms with Gasteiger partial charge < -0.3 is 0 Å². The summed E-state index contributed by atoms with van der Waals surface area (Å²) in [7, 11) is 0. The minimum absolute atomic E-state index is 0.356. The monoisotopic (exact) mass is 167 g/mol. The molecule has 1 nitrogen and oxygen atoms in total. The first-order valence-electron chi connectivity index (χ1n) is 3.28. The highest BCUT2D eigenvalue weighted by molar-refractivity contribution is 7.17. The van der Waals surface area contributed by atoms with Crippen LogP contribution in [-0.2, 0) is 0 Å². The fourth-order valence-corrected chi connectivity index (χ4v) is 1.68. The summed E-state index contributed by atoms with van der Waals surface area (Å²) in [5.74, 6) is 0. The van der Waals surface area contributed by atoms with Crippen molar-refractivity contribution < 1.29 is 4.39 Å². The van der Waals surface area contributed by atoms with Crippen LogP contribution in [0.5, 0.6) is 0 Å². The Morgan fingerprint density at radius 2 is 2.27 bits per heavy atom. The standard InChI is InChI=1S/C8H6FNS/c1-5-2-3-7-6(4-5)10-8(9)11-7/h2-4H,1H3. The molecule has 1 aromatic carbocycles. The summed E-state index contributed by atoms with van der Waals surface area (Å²) in [6, 6.07) is 5.74. The summed E-state index contributed by atoms with van der Waals surface area (Å²) in [5, 5.41) is -0.356. The molecule has 2 aromatic rings. The van der Waals surface area contributed by atoms with Gasteiger partial charge in [0.2, 0.25) is 0 Å². The predicted octanol–water partition coefficient (Wildman–Crippen LogP) is 2.74. The van der Waals surface area contributed by atoms with Crippen LogP contribution in [0.25, 0.3) is 10.2 Å². The van der Waals surface area contributed by atoms with Gasteiger partial charge in [-0.05, 0) is 24.6 Å². The van der Waals surface area contributed by atoms with E-state index in [1.54, 1.807) is 0 Å². The van der Waals surface area contributed by atoms with Crippen molar-refractivity contribution in [2.45, 2.75) is 6.92 Å². The van der Waals surface area contributed by atoms with Crippen molar-refractivity contribution >= 4 is 21.6 Å². The molecule has 0 unspecified atom stereocenters. The number of rotatable bonds is 0. The van der Waals surface area contributed by atoms with Crippen molar-refractivity contribution in [1.29, 1.82) is 0 Å². The third-order valence-electron chi connectivity index (χ3n) is 1.52. The van der Waals surface area contributed by atoms with Crippen molar-refractivity contribution in [3.05, 3.63) is 29.0 Å². The molecule has 1 heterocycles. The third-order valence-corrected chi connectivity index (χ3v) is 2.34. The third kappa shape index (κ3) is 1.12. The molecule has 56 valence electrons. The molecule has 0 saturated heterocycles. The van der Waals surface area contributed by atoms with Gasteiger partial charge in [0.15, 0.2) is 0 Å². The maximum atomic E-state index is 12.6. The Labute approximate surface area is 67.5 Å². The van der Waals surface area contributed by atoms with Crippen LogP contribution < -0.4 is 0 Å². The molecule has 0 aliphatic carbocycles. The number of fused-ring (bicyclic) bond motifs is 1. The molecular weight excluding hydrogens is 161 g/mol. The second-order valence-corrected chi connectivity index (χ2v) is 3.42. The van der Waals surface area contributed by atoms with E-state index < -0.39 is 0 Å². The molecule has 0 N–H and O–H groups in total. The first-order valence-corrected chi connectivity index (χ1v) is 4.10. The topological polar surface area (TPSA) is 12.9 Å². The molecule has 11 heavy (non-hydrogen) atoms. The lowest BCUT2D eigenvalue weighted by Crippen LogP contribution is -1.71. The van der Waals surface area contributed by atoms with Crippen molar-refractivity contribution in [2.75, 3.05) is 0 Å². The van der Waals surface area contributed by atoms with Crippen LogP contribution in [-0.4, -0.2) is 4.98 Å². The second-order valence-electron chi connectivity index (χ2n) is 2.44. The minimum atomic E-state index is -0.356. The zero-order chi connectivity index (χ0) is 7.84. The summed E-state index contributed by atoms with van der Waals surface area (Å²) in [6.07, 6.45) is 0. The number of halogens is 1. The first kappa shape index (κ1) is 6.73. The summed E-state index contributed by atoms with van der Waals surface area (Å²) < 4.78 is 13.5. The molecule has 2 rings (SSSR count). The van der Waals surface area contributed by atoms with E-state index in [0.29, 0.717) is 0 Å². The molecule has 0 saturated carbocycles.